The van der Waals surface area contributed by atoms with Crippen LogP contribution < -0.4 is 5.32 Å². The van der Waals surface area contributed by atoms with Gasteiger partial charge in [0.15, 0.2) is 0 Å². The second kappa shape index (κ2) is 4.85. The van der Waals surface area contributed by atoms with Crippen LogP contribution in [0.1, 0.15) is 12.5 Å². The predicted octanol–water partition coefficient (Wildman–Crippen LogP) is 4.10. The Bertz CT molecular complexity index is 754. The first-order valence-electron chi connectivity index (χ1n) is 6.60. The van der Waals surface area contributed by atoms with Gasteiger partial charge in [-0.25, -0.2) is 0 Å². The number of aromatic amines is 1. The fourth-order valence-electron chi connectivity index (χ4n) is 2.47. The Kier molecular flexibility index (Phi) is 3.03. The Morgan fingerprint density at radius 1 is 1.10 bits per heavy atom. The van der Waals surface area contributed by atoms with Crippen LogP contribution in [-0.4, -0.2) is 10.9 Å². The minimum absolute atomic E-state index is 0.0530. The maximum absolute atomic E-state index is 11.1. The third-order valence-electron chi connectivity index (χ3n) is 3.37. The van der Waals surface area contributed by atoms with Crippen molar-refractivity contribution in [3.05, 3.63) is 54.1 Å². The van der Waals surface area contributed by atoms with Crippen LogP contribution >= 0.6 is 0 Å². The first kappa shape index (κ1) is 12.5. The number of aryl methyl sites for hydroxylation is 1. The Hall–Kier alpha value is -2.55. The SMILES string of the molecule is CC(=O)Nc1ccc(-c2cc3ccccc3[nH]2)c(C)c1. The Morgan fingerprint density at radius 3 is 2.60 bits per heavy atom. The summed E-state index contributed by atoms with van der Waals surface area (Å²) in [7, 11) is 0. The molecule has 0 saturated carbocycles. The number of carbonyl (C=O) groups excluding carboxylic acids is 1. The molecule has 3 aromatic rings. The van der Waals surface area contributed by atoms with Crippen molar-refractivity contribution in [2.75, 3.05) is 5.32 Å². The highest BCUT2D eigenvalue weighted by molar-refractivity contribution is 5.90. The van der Waals surface area contributed by atoms with E-state index in [1.54, 1.807) is 0 Å². The number of aromatic nitrogens is 1. The van der Waals surface area contributed by atoms with Crippen LogP contribution in [0.5, 0.6) is 0 Å². The first-order chi connectivity index (χ1) is 9.63. The highest BCUT2D eigenvalue weighted by atomic mass is 16.1. The number of nitrogens with one attached hydrogen (secondary N) is 2. The molecule has 0 unspecified atom stereocenters. The van der Waals surface area contributed by atoms with Gasteiger partial charge in [-0.3, -0.25) is 4.79 Å². The van der Waals surface area contributed by atoms with Crippen molar-refractivity contribution >= 4 is 22.5 Å². The van der Waals surface area contributed by atoms with Crippen LogP contribution in [0, 0.1) is 6.92 Å². The summed E-state index contributed by atoms with van der Waals surface area (Å²) in [5.74, 6) is -0.0530. The van der Waals surface area contributed by atoms with Gasteiger partial charge in [-0.1, -0.05) is 24.3 Å². The van der Waals surface area contributed by atoms with E-state index < -0.39 is 0 Å². The van der Waals surface area contributed by atoms with E-state index in [0.717, 1.165) is 28.0 Å². The lowest BCUT2D eigenvalue weighted by Crippen LogP contribution is -2.05. The Morgan fingerprint density at radius 2 is 1.90 bits per heavy atom. The van der Waals surface area contributed by atoms with E-state index in [-0.39, 0.29) is 5.91 Å². The Labute approximate surface area is 117 Å². The van der Waals surface area contributed by atoms with Crippen LogP contribution in [0.2, 0.25) is 0 Å². The zero-order chi connectivity index (χ0) is 14.1. The molecule has 0 radical (unpaired) electrons. The van der Waals surface area contributed by atoms with E-state index in [1.807, 2.05) is 37.3 Å². The minimum Gasteiger partial charge on any atom is -0.355 e. The van der Waals surface area contributed by atoms with Gasteiger partial charge in [0.05, 0.1) is 0 Å². The van der Waals surface area contributed by atoms with Crippen LogP contribution in [0.3, 0.4) is 0 Å². The number of rotatable bonds is 2. The third kappa shape index (κ3) is 2.30. The number of hydrogen-bond acceptors (Lipinski definition) is 1. The highest BCUT2D eigenvalue weighted by Crippen LogP contribution is 2.28. The number of amides is 1. The predicted molar refractivity (Wildman–Crippen MR) is 82.8 cm³/mol. The molecule has 0 aliphatic heterocycles. The largest absolute Gasteiger partial charge is 0.355 e. The normalized spacial score (nSPS) is 10.7. The molecule has 2 aromatic carbocycles. The van der Waals surface area contributed by atoms with Gasteiger partial charge in [-0.2, -0.15) is 0 Å². The molecular weight excluding hydrogens is 248 g/mol. The summed E-state index contributed by atoms with van der Waals surface area (Å²) < 4.78 is 0. The van der Waals surface area contributed by atoms with Crippen molar-refractivity contribution in [2.24, 2.45) is 0 Å². The fourth-order valence-corrected chi connectivity index (χ4v) is 2.47. The average molecular weight is 264 g/mol. The number of anilines is 1. The minimum atomic E-state index is -0.0530. The zero-order valence-electron chi connectivity index (χ0n) is 11.5. The van der Waals surface area contributed by atoms with Crippen LogP contribution in [0.15, 0.2) is 48.5 Å². The molecule has 0 aliphatic carbocycles. The van der Waals surface area contributed by atoms with Gasteiger partial charge in [-0.05, 0) is 36.8 Å². The van der Waals surface area contributed by atoms with Crippen LogP contribution in [0.4, 0.5) is 5.69 Å². The van der Waals surface area contributed by atoms with Crippen molar-refractivity contribution in [2.45, 2.75) is 13.8 Å². The first-order valence-corrected chi connectivity index (χ1v) is 6.60. The number of hydrogen-bond donors (Lipinski definition) is 2. The maximum Gasteiger partial charge on any atom is 0.221 e. The Balaban J connectivity index is 2.03. The molecule has 2 N–H and O–H groups in total. The second-order valence-corrected chi connectivity index (χ2v) is 4.98. The van der Waals surface area contributed by atoms with Crippen molar-refractivity contribution in [3.8, 4) is 11.3 Å². The molecule has 0 spiro atoms. The van der Waals surface area contributed by atoms with Gasteiger partial charge in [0.2, 0.25) is 5.91 Å². The lowest BCUT2D eigenvalue weighted by molar-refractivity contribution is -0.114. The standard InChI is InChI=1S/C17H16N2O/c1-11-9-14(18-12(2)20)7-8-15(11)17-10-13-5-3-4-6-16(13)19-17/h3-10,19H,1-2H3,(H,18,20). The highest BCUT2D eigenvalue weighted by Gasteiger charge is 2.07. The van der Waals surface area contributed by atoms with Gasteiger partial charge >= 0.3 is 0 Å². The third-order valence-corrected chi connectivity index (χ3v) is 3.37. The van der Waals surface area contributed by atoms with E-state index in [2.05, 4.69) is 28.5 Å². The van der Waals surface area contributed by atoms with E-state index in [0.29, 0.717) is 0 Å². The van der Waals surface area contributed by atoms with Gasteiger partial charge in [0, 0.05) is 34.8 Å². The second-order valence-electron chi connectivity index (χ2n) is 4.98. The van der Waals surface area contributed by atoms with Gasteiger partial charge in [0.25, 0.3) is 0 Å². The molecule has 0 aliphatic rings. The van der Waals surface area contributed by atoms with E-state index >= 15 is 0 Å². The number of H-pyrrole nitrogens is 1. The molecule has 1 aromatic heterocycles. The number of carbonyl (C=O) groups is 1. The fraction of sp³-hybridized carbons (Fsp3) is 0.118. The summed E-state index contributed by atoms with van der Waals surface area (Å²) >= 11 is 0. The summed E-state index contributed by atoms with van der Waals surface area (Å²) in [5.41, 5.74) is 5.33. The molecule has 1 amide bonds. The van der Waals surface area contributed by atoms with E-state index in [4.69, 9.17) is 0 Å². The lowest BCUT2D eigenvalue weighted by atomic mass is 10.0. The molecule has 0 bridgehead atoms. The van der Waals surface area contributed by atoms with Gasteiger partial charge < -0.3 is 10.3 Å². The molecule has 1 heterocycles. The molecule has 0 saturated heterocycles. The monoisotopic (exact) mass is 264 g/mol. The van der Waals surface area contributed by atoms with Crippen molar-refractivity contribution in [3.63, 3.8) is 0 Å². The number of benzene rings is 2. The zero-order valence-corrected chi connectivity index (χ0v) is 11.5. The van der Waals surface area contributed by atoms with Crippen molar-refractivity contribution in [1.82, 2.24) is 4.98 Å². The van der Waals surface area contributed by atoms with Gasteiger partial charge in [0.1, 0.15) is 0 Å². The van der Waals surface area contributed by atoms with E-state index in [9.17, 15) is 4.79 Å². The maximum atomic E-state index is 11.1. The molecule has 100 valence electrons. The summed E-state index contributed by atoms with van der Waals surface area (Å²) in [4.78, 5) is 14.5. The number of fused-ring (bicyclic) bond motifs is 1. The molecule has 0 fully saturated rings. The lowest BCUT2D eigenvalue weighted by Gasteiger charge is -2.07. The van der Waals surface area contributed by atoms with Crippen LogP contribution in [-0.2, 0) is 4.79 Å². The van der Waals surface area contributed by atoms with E-state index in [1.165, 1.54) is 12.3 Å². The summed E-state index contributed by atoms with van der Waals surface area (Å²) in [6, 6.07) is 16.3. The van der Waals surface area contributed by atoms with Crippen molar-refractivity contribution in [1.29, 1.82) is 0 Å². The number of para-hydroxylation sites is 1. The molecule has 20 heavy (non-hydrogen) atoms. The quantitative estimate of drug-likeness (QED) is 0.719. The smallest absolute Gasteiger partial charge is 0.221 e. The molecular formula is C17H16N2O. The van der Waals surface area contributed by atoms with Gasteiger partial charge in [-0.15, -0.1) is 0 Å². The van der Waals surface area contributed by atoms with Crippen LogP contribution in [0.25, 0.3) is 22.2 Å². The summed E-state index contributed by atoms with van der Waals surface area (Å²) in [6.45, 7) is 3.56. The topological polar surface area (TPSA) is 44.9 Å². The molecule has 3 heteroatoms. The molecule has 3 rings (SSSR count). The molecule has 0 atom stereocenters. The molecule has 3 nitrogen and oxygen atoms in total. The van der Waals surface area contributed by atoms with Crippen molar-refractivity contribution < 1.29 is 4.79 Å². The summed E-state index contributed by atoms with van der Waals surface area (Å²) in [6.07, 6.45) is 0. The summed E-state index contributed by atoms with van der Waals surface area (Å²) in [5, 5.41) is 4.00. The average Bonchev–Trinajstić information content (AvgIpc) is 2.81.